The molecule has 2 N–H and O–H groups in total. The molecule has 7 heteroatoms. The second-order valence-corrected chi connectivity index (χ2v) is 5.68. The monoisotopic (exact) mass is 272 g/mol. The zero-order valence-corrected chi connectivity index (χ0v) is 10.7. The lowest BCUT2D eigenvalue weighted by Crippen LogP contribution is -2.49. The van der Waals surface area contributed by atoms with Gasteiger partial charge in [0.05, 0.1) is 0 Å². The maximum atomic E-state index is 12.1. The minimum absolute atomic E-state index is 0.0324. The summed E-state index contributed by atoms with van der Waals surface area (Å²) in [4.78, 5) is 35.5. The lowest BCUT2D eigenvalue weighted by molar-refractivity contribution is -0.141. The second-order valence-electron chi connectivity index (χ2n) is 4.69. The fourth-order valence-electron chi connectivity index (χ4n) is 2.42. The summed E-state index contributed by atoms with van der Waals surface area (Å²) in [6.45, 7) is 1.15. The SMILES string of the molecule is O=C(O)CC1CCCN(C(=O)C2CSC(=O)N2)C1. The average Bonchev–Trinajstić information content (AvgIpc) is 2.74. The molecule has 0 bridgehead atoms. The Labute approximate surface area is 109 Å². The van der Waals surface area contributed by atoms with Crippen LogP contribution >= 0.6 is 11.8 Å². The molecular formula is C11H16N2O4S. The number of carboxylic acids is 1. The summed E-state index contributed by atoms with van der Waals surface area (Å²) in [6, 6.07) is -0.439. The van der Waals surface area contributed by atoms with Gasteiger partial charge in [0.15, 0.2) is 0 Å². The molecule has 2 saturated heterocycles. The lowest BCUT2D eigenvalue weighted by Gasteiger charge is -2.33. The molecule has 2 unspecified atom stereocenters. The van der Waals surface area contributed by atoms with Gasteiger partial charge < -0.3 is 15.3 Å². The Morgan fingerprint density at radius 3 is 2.89 bits per heavy atom. The molecule has 2 aliphatic rings. The molecule has 6 nitrogen and oxygen atoms in total. The molecule has 18 heavy (non-hydrogen) atoms. The van der Waals surface area contributed by atoms with Crippen LogP contribution in [0.2, 0.25) is 0 Å². The number of thioether (sulfide) groups is 1. The molecule has 100 valence electrons. The fourth-order valence-corrected chi connectivity index (χ4v) is 3.19. The Hall–Kier alpha value is -1.24. The van der Waals surface area contributed by atoms with Gasteiger partial charge in [0.1, 0.15) is 6.04 Å². The van der Waals surface area contributed by atoms with Gasteiger partial charge in [-0.25, -0.2) is 0 Å². The van der Waals surface area contributed by atoms with E-state index in [-0.39, 0.29) is 23.5 Å². The minimum atomic E-state index is -0.820. The van der Waals surface area contributed by atoms with Gasteiger partial charge in [-0.3, -0.25) is 14.4 Å². The summed E-state index contributed by atoms with van der Waals surface area (Å²) in [5, 5.41) is 11.2. The van der Waals surface area contributed by atoms with E-state index in [4.69, 9.17) is 5.11 Å². The molecular weight excluding hydrogens is 256 g/mol. The van der Waals surface area contributed by atoms with Gasteiger partial charge in [-0.2, -0.15) is 0 Å². The largest absolute Gasteiger partial charge is 0.481 e. The summed E-state index contributed by atoms with van der Waals surface area (Å²) in [5.41, 5.74) is 0. The third kappa shape index (κ3) is 3.16. The van der Waals surface area contributed by atoms with E-state index < -0.39 is 12.0 Å². The van der Waals surface area contributed by atoms with Crippen molar-refractivity contribution in [3.8, 4) is 0 Å². The molecule has 2 atom stereocenters. The van der Waals surface area contributed by atoms with E-state index >= 15 is 0 Å². The summed E-state index contributed by atoms with van der Waals surface area (Å²) < 4.78 is 0. The van der Waals surface area contributed by atoms with E-state index in [9.17, 15) is 14.4 Å². The van der Waals surface area contributed by atoms with Crippen LogP contribution in [0.1, 0.15) is 19.3 Å². The second kappa shape index (κ2) is 5.60. The number of nitrogens with one attached hydrogen (secondary N) is 1. The standard InChI is InChI=1S/C11H16N2O4S/c14-9(15)4-7-2-1-3-13(5-7)10(16)8-6-18-11(17)12-8/h7-8H,1-6H2,(H,12,17)(H,14,15). The Morgan fingerprint density at radius 1 is 1.50 bits per heavy atom. The van der Waals surface area contributed by atoms with Crippen molar-refractivity contribution in [2.45, 2.75) is 25.3 Å². The van der Waals surface area contributed by atoms with Crippen LogP contribution in [0.25, 0.3) is 0 Å². The quantitative estimate of drug-likeness (QED) is 0.782. The van der Waals surface area contributed by atoms with Crippen molar-refractivity contribution in [3.05, 3.63) is 0 Å². The van der Waals surface area contributed by atoms with Gasteiger partial charge >= 0.3 is 5.97 Å². The third-order valence-corrected chi connectivity index (χ3v) is 4.15. The molecule has 2 amide bonds. The van der Waals surface area contributed by atoms with Gasteiger partial charge in [-0.15, -0.1) is 0 Å². The number of rotatable bonds is 3. The normalized spacial score (nSPS) is 28.0. The number of carboxylic acid groups (broad SMARTS) is 1. The first-order chi connectivity index (χ1) is 8.56. The molecule has 2 rings (SSSR count). The Bertz CT molecular complexity index is 374. The van der Waals surface area contributed by atoms with Crippen LogP contribution < -0.4 is 5.32 Å². The van der Waals surface area contributed by atoms with Crippen molar-refractivity contribution in [3.63, 3.8) is 0 Å². The lowest BCUT2D eigenvalue weighted by atomic mass is 9.94. The first-order valence-electron chi connectivity index (χ1n) is 6.00. The van der Waals surface area contributed by atoms with E-state index in [1.165, 1.54) is 0 Å². The third-order valence-electron chi connectivity index (χ3n) is 3.27. The Kier molecular flexibility index (Phi) is 4.11. The van der Waals surface area contributed by atoms with E-state index in [1.54, 1.807) is 4.90 Å². The Morgan fingerprint density at radius 2 is 2.28 bits per heavy atom. The predicted octanol–water partition coefficient (Wildman–Crippen LogP) is 0.525. The van der Waals surface area contributed by atoms with E-state index in [0.717, 1.165) is 24.6 Å². The van der Waals surface area contributed by atoms with Crippen LogP contribution in [0.5, 0.6) is 0 Å². The maximum Gasteiger partial charge on any atom is 0.303 e. The summed E-state index contributed by atoms with van der Waals surface area (Å²) in [6.07, 6.45) is 1.79. The number of carbonyl (C=O) groups excluding carboxylic acids is 2. The number of carbonyl (C=O) groups is 3. The van der Waals surface area contributed by atoms with Crippen LogP contribution in [0, 0.1) is 5.92 Å². The maximum absolute atomic E-state index is 12.1. The fraction of sp³-hybridized carbons (Fsp3) is 0.727. The van der Waals surface area contributed by atoms with Gasteiger partial charge in [0, 0.05) is 25.3 Å². The van der Waals surface area contributed by atoms with Gasteiger partial charge in [0.2, 0.25) is 5.91 Å². The van der Waals surface area contributed by atoms with Crippen molar-refractivity contribution < 1.29 is 19.5 Å². The molecule has 0 aromatic carbocycles. The molecule has 0 spiro atoms. The van der Waals surface area contributed by atoms with Gasteiger partial charge in [-0.05, 0) is 18.8 Å². The van der Waals surface area contributed by atoms with Crippen molar-refractivity contribution in [1.29, 1.82) is 0 Å². The van der Waals surface area contributed by atoms with Crippen molar-refractivity contribution in [2.24, 2.45) is 5.92 Å². The van der Waals surface area contributed by atoms with Crippen molar-refractivity contribution in [2.75, 3.05) is 18.8 Å². The van der Waals surface area contributed by atoms with Crippen LogP contribution in [0.3, 0.4) is 0 Å². The minimum Gasteiger partial charge on any atom is -0.481 e. The highest BCUT2D eigenvalue weighted by atomic mass is 32.2. The van der Waals surface area contributed by atoms with E-state index in [1.807, 2.05) is 0 Å². The topological polar surface area (TPSA) is 86.7 Å². The molecule has 0 aromatic heterocycles. The van der Waals surface area contributed by atoms with Crippen LogP contribution in [0.4, 0.5) is 4.79 Å². The molecule has 0 radical (unpaired) electrons. The smallest absolute Gasteiger partial charge is 0.303 e. The number of nitrogens with zero attached hydrogens (tertiary/aromatic N) is 1. The first-order valence-corrected chi connectivity index (χ1v) is 6.98. The van der Waals surface area contributed by atoms with E-state index in [2.05, 4.69) is 5.32 Å². The highest BCUT2D eigenvalue weighted by molar-refractivity contribution is 8.14. The summed E-state index contributed by atoms with van der Waals surface area (Å²) >= 11 is 1.12. The van der Waals surface area contributed by atoms with Crippen LogP contribution in [0.15, 0.2) is 0 Å². The predicted molar refractivity (Wildman–Crippen MR) is 66.3 cm³/mol. The zero-order chi connectivity index (χ0) is 13.1. The number of hydrogen-bond donors (Lipinski definition) is 2. The number of piperidine rings is 1. The summed E-state index contributed by atoms with van der Waals surface area (Å²) in [5.74, 6) is -0.398. The van der Waals surface area contributed by atoms with Crippen LogP contribution in [-0.2, 0) is 9.59 Å². The van der Waals surface area contributed by atoms with Gasteiger partial charge in [0.25, 0.3) is 5.24 Å². The first kappa shape index (κ1) is 13.2. The van der Waals surface area contributed by atoms with Gasteiger partial charge in [-0.1, -0.05) is 11.8 Å². The molecule has 0 aromatic rings. The number of amides is 2. The number of aliphatic carboxylic acids is 1. The van der Waals surface area contributed by atoms with E-state index in [0.29, 0.717) is 18.8 Å². The zero-order valence-electron chi connectivity index (χ0n) is 9.92. The number of likely N-dealkylation sites (tertiary alicyclic amines) is 1. The average molecular weight is 272 g/mol. The Balaban J connectivity index is 1.90. The molecule has 0 saturated carbocycles. The molecule has 2 heterocycles. The molecule has 2 aliphatic heterocycles. The van der Waals surface area contributed by atoms with Crippen molar-refractivity contribution in [1.82, 2.24) is 10.2 Å². The molecule has 0 aliphatic carbocycles. The summed E-state index contributed by atoms with van der Waals surface area (Å²) in [7, 11) is 0. The highest BCUT2D eigenvalue weighted by Gasteiger charge is 2.33. The molecule has 2 fully saturated rings. The number of hydrogen-bond acceptors (Lipinski definition) is 4. The van der Waals surface area contributed by atoms with Crippen molar-refractivity contribution >= 4 is 28.9 Å². The van der Waals surface area contributed by atoms with Crippen LogP contribution in [-0.4, -0.2) is 52.0 Å². The highest BCUT2D eigenvalue weighted by Crippen LogP contribution is 2.22.